The first-order valence-corrected chi connectivity index (χ1v) is 9.12. The van der Waals surface area contributed by atoms with Crippen molar-refractivity contribution in [1.29, 1.82) is 0 Å². The lowest BCUT2D eigenvalue weighted by Gasteiger charge is -2.08. The zero-order chi connectivity index (χ0) is 18.8. The minimum atomic E-state index is -0.355. The molecule has 0 aliphatic heterocycles. The van der Waals surface area contributed by atoms with Crippen molar-refractivity contribution in [2.75, 3.05) is 5.32 Å². The van der Waals surface area contributed by atoms with Gasteiger partial charge in [-0.2, -0.15) is 5.10 Å². The number of pyridine rings is 1. The van der Waals surface area contributed by atoms with E-state index in [9.17, 15) is 9.59 Å². The van der Waals surface area contributed by atoms with Crippen LogP contribution < -0.4 is 10.9 Å². The van der Waals surface area contributed by atoms with Gasteiger partial charge in [-0.25, -0.2) is 9.67 Å². The maximum Gasteiger partial charge on any atom is 0.275 e. The van der Waals surface area contributed by atoms with E-state index in [1.54, 1.807) is 24.5 Å². The lowest BCUT2D eigenvalue weighted by molar-refractivity contribution is -0.117. The zero-order valence-electron chi connectivity index (χ0n) is 14.4. The van der Waals surface area contributed by atoms with Gasteiger partial charge in [0, 0.05) is 28.7 Å². The normalized spacial score (nSPS) is 10.9. The van der Waals surface area contributed by atoms with E-state index in [0.717, 1.165) is 16.6 Å². The molecule has 0 unspecified atom stereocenters. The lowest BCUT2D eigenvalue weighted by Crippen LogP contribution is -2.30. The average Bonchev–Trinajstić information content (AvgIpc) is 3.15. The Labute approximate surface area is 158 Å². The van der Waals surface area contributed by atoms with Gasteiger partial charge in [-0.15, -0.1) is 11.3 Å². The molecule has 0 saturated carbocycles. The molecule has 7 nitrogen and oxygen atoms in total. The van der Waals surface area contributed by atoms with Crippen LogP contribution in [0.1, 0.15) is 5.69 Å². The number of nitrogens with zero attached hydrogens (tertiary/aromatic N) is 4. The Kier molecular flexibility index (Phi) is 4.47. The first-order chi connectivity index (χ1) is 13.1. The van der Waals surface area contributed by atoms with Gasteiger partial charge in [-0.05, 0) is 25.1 Å². The summed E-state index contributed by atoms with van der Waals surface area (Å²) >= 11 is 1.31. The predicted octanol–water partition coefficient (Wildman–Crippen LogP) is 2.86. The van der Waals surface area contributed by atoms with Crippen LogP contribution in [-0.4, -0.2) is 25.7 Å². The van der Waals surface area contributed by atoms with Gasteiger partial charge in [0.15, 0.2) is 5.13 Å². The van der Waals surface area contributed by atoms with E-state index in [4.69, 9.17) is 0 Å². The van der Waals surface area contributed by atoms with Crippen LogP contribution in [0.2, 0.25) is 0 Å². The van der Waals surface area contributed by atoms with E-state index < -0.39 is 0 Å². The number of rotatable bonds is 4. The van der Waals surface area contributed by atoms with E-state index in [1.165, 1.54) is 16.0 Å². The summed E-state index contributed by atoms with van der Waals surface area (Å²) in [6.07, 6.45) is 3.40. The second-order valence-electron chi connectivity index (χ2n) is 5.92. The molecule has 3 heterocycles. The van der Waals surface area contributed by atoms with Crippen molar-refractivity contribution in [2.45, 2.75) is 13.5 Å². The van der Waals surface area contributed by atoms with Crippen LogP contribution in [0.4, 0.5) is 5.13 Å². The maximum absolute atomic E-state index is 12.6. The van der Waals surface area contributed by atoms with Gasteiger partial charge < -0.3 is 5.32 Å². The highest BCUT2D eigenvalue weighted by Gasteiger charge is 2.13. The number of anilines is 1. The second-order valence-corrected chi connectivity index (χ2v) is 6.78. The van der Waals surface area contributed by atoms with Gasteiger partial charge in [0.1, 0.15) is 6.54 Å². The molecule has 0 spiro atoms. The summed E-state index contributed by atoms with van der Waals surface area (Å²) < 4.78 is 1.18. The smallest absolute Gasteiger partial charge is 0.275 e. The summed E-state index contributed by atoms with van der Waals surface area (Å²) in [7, 11) is 0. The van der Waals surface area contributed by atoms with Crippen molar-refractivity contribution in [3.8, 4) is 11.3 Å². The average molecular weight is 377 g/mol. The summed E-state index contributed by atoms with van der Waals surface area (Å²) in [4.78, 5) is 33.4. The Morgan fingerprint density at radius 1 is 1.19 bits per heavy atom. The molecule has 3 aromatic heterocycles. The Morgan fingerprint density at radius 3 is 2.78 bits per heavy atom. The molecular formula is C19H15N5O2S. The summed E-state index contributed by atoms with van der Waals surface area (Å²) in [6, 6.07) is 11.0. The third-order valence-electron chi connectivity index (χ3n) is 4.05. The molecule has 0 atom stereocenters. The van der Waals surface area contributed by atoms with Gasteiger partial charge in [0.2, 0.25) is 5.91 Å². The number of aromatic nitrogens is 4. The van der Waals surface area contributed by atoms with E-state index in [-0.39, 0.29) is 18.0 Å². The minimum absolute atomic E-state index is 0.174. The van der Waals surface area contributed by atoms with Crippen LogP contribution in [0, 0.1) is 6.92 Å². The fourth-order valence-corrected chi connectivity index (χ4v) is 3.52. The molecule has 1 amide bonds. The van der Waals surface area contributed by atoms with Crippen LogP contribution in [0.15, 0.2) is 59.0 Å². The van der Waals surface area contributed by atoms with Crippen molar-refractivity contribution in [2.24, 2.45) is 0 Å². The summed E-state index contributed by atoms with van der Waals surface area (Å²) in [5.41, 5.74) is 2.02. The Balaban J connectivity index is 1.54. The number of nitrogens with one attached hydrogen (secondary N) is 1. The van der Waals surface area contributed by atoms with Crippen molar-refractivity contribution in [3.63, 3.8) is 0 Å². The molecule has 8 heteroatoms. The van der Waals surface area contributed by atoms with Crippen molar-refractivity contribution >= 4 is 33.1 Å². The largest absolute Gasteiger partial charge is 0.300 e. The number of fused-ring (bicyclic) bond motifs is 1. The quantitative estimate of drug-likeness (QED) is 0.591. The summed E-state index contributed by atoms with van der Waals surface area (Å²) in [5.74, 6) is -0.355. The molecule has 0 saturated heterocycles. The maximum atomic E-state index is 12.6. The van der Waals surface area contributed by atoms with E-state index >= 15 is 0 Å². The lowest BCUT2D eigenvalue weighted by atomic mass is 10.1. The minimum Gasteiger partial charge on any atom is -0.300 e. The van der Waals surface area contributed by atoms with Gasteiger partial charge in [-0.1, -0.05) is 18.2 Å². The van der Waals surface area contributed by atoms with Gasteiger partial charge in [-0.3, -0.25) is 14.6 Å². The van der Waals surface area contributed by atoms with Crippen molar-refractivity contribution < 1.29 is 4.79 Å². The topological polar surface area (TPSA) is 89.8 Å². The summed E-state index contributed by atoms with van der Waals surface area (Å²) in [5, 5.41) is 10.6. The molecule has 0 fully saturated rings. The van der Waals surface area contributed by atoms with Crippen LogP contribution in [-0.2, 0) is 11.3 Å². The second kappa shape index (κ2) is 7.08. The zero-order valence-corrected chi connectivity index (χ0v) is 15.2. The van der Waals surface area contributed by atoms with Gasteiger partial charge >= 0.3 is 0 Å². The Morgan fingerprint density at radius 2 is 2.00 bits per heavy atom. The van der Waals surface area contributed by atoms with Gasteiger partial charge in [0.05, 0.1) is 16.8 Å². The van der Waals surface area contributed by atoms with Crippen molar-refractivity contribution in [1.82, 2.24) is 19.7 Å². The molecule has 0 bridgehead atoms. The number of carbonyl (C=O) groups is 1. The molecule has 0 radical (unpaired) electrons. The number of hydrogen-bond donors (Lipinski definition) is 1. The van der Waals surface area contributed by atoms with E-state index in [1.807, 2.05) is 36.6 Å². The monoisotopic (exact) mass is 377 g/mol. The molecule has 1 N–H and O–H groups in total. The molecular weight excluding hydrogens is 362 g/mol. The molecule has 0 aliphatic carbocycles. The highest BCUT2D eigenvalue weighted by atomic mass is 32.1. The number of benzene rings is 1. The molecule has 4 rings (SSSR count). The number of thiazole rings is 1. The molecule has 134 valence electrons. The van der Waals surface area contributed by atoms with E-state index in [2.05, 4.69) is 20.4 Å². The van der Waals surface area contributed by atoms with Crippen molar-refractivity contribution in [3.05, 3.63) is 70.2 Å². The van der Waals surface area contributed by atoms with Crippen LogP contribution in [0.5, 0.6) is 0 Å². The Hall–Kier alpha value is -3.39. The fraction of sp³-hybridized carbons (Fsp3) is 0.105. The molecule has 1 aromatic carbocycles. The molecule has 4 aromatic rings. The van der Waals surface area contributed by atoms with Crippen LogP contribution >= 0.6 is 11.3 Å². The number of hydrogen-bond acceptors (Lipinski definition) is 6. The SMILES string of the molecule is Cc1nn(CC(=O)Nc2nc(-c3cccnc3)cs2)c(=O)c2ccccc12. The third-order valence-corrected chi connectivity index (χ3v) is 4.81. The third kappa shape index (κ3) is 3.47. The predicted molar refractivity (Wildman–Crippen MR) is 105 cm³/mol. The van der Waals surface area contributed by atoms with E-state index in [0.29, 0.717) is 16.2 Å². The fourth-order valence-electron chi connectivity index (χ4n) is 2.78. The molecule has 0 aliphatic rings. The highest BCUT2D eigenvalue weighted by molar-refractivity contribution is 7.14. The van der Waals surface area contributed by atoms with Crippen LogP contribution in [0.3, 0.4) is 0 Å². The van der Waals surface area contributed by atoms with Crippen LogP contribution in [0.25, 0.3) is 22.0 Å². The number of carbonyl (C=O) groups excluding carboxylic acids is 1. The Bertz CT molecular complexity index is 1180. The number of aryl methyl sites for hydroxylation is 1. The van der Waals surface area contributed by atoms with Gasteiger partial charge in [0.25, 0.3) is 5.56 Å². The summed E-state index contributed by atoms with van der Waals surface area (Å²) in [6.45, 7) is 1.64. The highest BCUT2D eigenvalue weighted by Crippen LogP contribution is 2.24. The standard InChI is InChI=1S/C19H15N5O2S/c1-12-14-6-2-3-7-15(14)18(26)24(23-12)10-17(25)22-19-21-16(11-27-19)13-5-4-8-20-9-13/h2-9,11H,10H2,1H3,(H,21,22,25). The first kappa shape index (κ1) is 17.0. The number of amides is 1. The molecule has 27 heavy (non-hydrogen) atoms. The first-order valence-electron chi connectivity index (χ1n) is 8.24.